The number of nitrogens with one attached hydrogen (secondary N) is 1. The van der Waals surface area contributed by atoms with Gasteiger partial charge in [0.05, 0.1) is 5.01 Å². The van der Waals surface area contributed by atoms with E-state index >= 15 is 0 Å². The number of aromatic nitrogens is 1. The van der Waals surface area contributed by atoms with Crippen LogP contribution in [0.4, 0.5) is 8.78 Å². The second kappa shape index (κ2) is 5.75. The Morgan fingerprint density at radius 2 is 2.00 bits per heavy atom. The molecule has 2 nitrogen and oxygen atoms in total. The molecule has 0 aliphatic rings. The lowest BCUT2D eigenvalue weighted by Crippen LogP contribution is -2.20. The Bertz CT molecular complexity index is 581. The lowest BCUT2D eigenvalue weighted by Gasteiger charge is -2.17. The fourth-order valence-corrected chi connectivity index (χ4v) is 2.80. The molecule has 0 fully saturated rings. The van der Waals surface area contributed by atoms with Gasteiger partial charge in [-0.1, -0.05) is 0 Å². The Morgan fingerprint density at radius 3 is 2.58 bits per heavy atom. The Kier molecular flexibility index (Phi) is 4.27. The zero-order chi connectivity index (χ0) is 14.0. The smallest absolute Gasteiger partial charge is 0.130 e. The Morgan fingerprint density at radius 1 is 1.26 bits per heavy atom. The number of nitrogens with zero attached hydrogens (tertiary/aromatic N) is 1. The Labute approximate surface area is 115 Å². The predicted octanol–water partition coefficient (Wildman–Crippen LogP) is 3.54. The monoisotopic (exact) mass is 282 g/mol. The van der Waals surface area contributed by atoms with Gasteiger partial charge in [0.25, 0.3) is 0 Å². The first-order valence-electron chi connectivity index (χ1n) is 6.05. The molecule has 2 rings (SSSR count). The summed E-state index contributed by atoms with van der Waals surface area (Å²) >= 11 is 1.55. The minimum Gasteiger partial charge on any atom is -0.313 e. The third-order valence-corrected chi connectivity index (χ3v) is 4.04. The van der Waals surface area contributed by atoms with Crippen molar-refractivity contribution in [2.75, 3.05) is 7.05 Å². The summed E-state index contributed by atoms with van der Waals surface area (Å²) in [5.41, 5.74) is 1.90. The number of aryl methyl sites for hydroxylation is 2. The normalized spacial score (nSPS) is 12.7. The van der Waals surface area contributed by atoms with Crippen LogP contribution in [0.2, 0.25) is 0 Å². The van der Waals surface area contributed by atoms with Gasteiger partial charge < -0.3 is 5.32 Å². The van der Waals surface area contributed by atoms with Gasteiger partial charge in [-0.15, -0.1) is 11.3 Å². The van der Waals surface area contributed by atoms with Crippen LogP contribution in [0.25, 0.3) is 0 Å². The molecule has 1 aromatic carbocycles. The Balaban J connectivity index is 2.29. The van der Waals surface area contributed by atoms with Crippen molar-refractivity contribution >= 4 is 11.3 Å². The second-order valence-electron chi connectivity index (χ2n) is 4.55. The summed E-state index contributed by atoms with van der Waals surface area (Å²) in [6.45, 7) is 3.57. The molecule has 1 atom stereocenters. The van der Waals surface area contributed by atoms with Gasteiger partial charge in [-0.2, -0.15) is 0 Å². The summed E-state index contributed by atoms with van der Waals surface area (Å²) < 4.78 is 27.2. The summed E-state index contributed by atoms with van der Waals surface area (Å²) in [6.07, 6.45) is 0.594. The van der Waals surface area contributed by atoms with Crippen LogP contribution in [0.1, 0.15) is 27.9 Å². The zero-order valence-electron chi connectivity index (χ0n) is 11.1. The molecule has 19 heavy (non-hydrogen) atoms. The molecule has 0 saturated carbocycles. The highest BCUT2D eigenvalue weighted by Crippen LogP contribution is 2.25. The SMILES string of the molecule is CNC(Cc1nc(C)cs1)c1cc(C)c(F)cc1F. The van der Waals surface area contributed by atoms with Crippen LogP contribution in [0, 0.1) is 25.5 Å². The van der Waals surface area contributed by atoms with E-state index in [1.807, 2.05) is 12.3 Å². The van der Waals surface area contributed by atoms with Crippen molar-refractivity contribution < 1.29 is 8.78 Å². The number of rotatable bonds is 4. The van der Waals surface area contributed by atoms with E-state index in [-0.39, 0.29) is 6.04 Å². The van der Waals surface area contributed by atoms with Gasteiger partial charge in [0.1, 0.15) is 11.6 Å². The summed E-state index contributed by atoms with van der Waals surface area (Å²) in [5.74, 6) is -1.03. The maximum absolute atomic E-state index is 13.9. The van der Waals surface area contributed by atoms with Crippen molar-refractivity contribution in [2.45, 2.75) is 26.3 Å². The quantitative estimate of drug-likeness (QED) is 0.927. The highest BCUT2D eigenvalue weighted by Gasteiger charge is 2.18. The van der Waals surface area contributed by atoms with Crippen molar-refractivity contribution in [1.82, 2.24) is 10.3 Å². The van der Waals surface area contributed by atoms with E-state index in [0.717, 1.165) is 16.8 Å². The zero-order valence-corrected chi connectivity index (χ0v) is 11.9. The van der Waals surface area contributed by atoms with Crippen molar-refractivity contribution in [3.63, 3.8) is 0 Å². The molecule has 0 aliphatic carbocycles. The number of halogens is 2. The fraction of sp³-hybridized carbons (Fsp3) is 0.357. The highest BCUT2D eigenvalue weighted by molar-refractivity contribution is 7.09. The molecule has 2 aromatic rings. The van der Waals surface area contributed by atoms with Gasteiger partial charge in [-0.05, 0) is 32.5 Å². The van der Waals surface area contributed by atoms with Crippen LogP contribution in [0.3, 0.4) is 0 Å². The third-order valence-electron chi connectivity index (χ3n) is 3.05. The number of thiazole rings is 1. The fourth-order valence-electron chi connectivity index (χ4n) is 1.99. The molecule has 1 heterocycles. The maximum atomic E-state index is 13.9. The Hall–Kier alpha value is -1.33. The van der Waals surface area contributed by atoms with Gasteiger partial charge in [0.15, 0.2) is 0 Å². The highest BCUT2D eigenvalue weighted by atomic mass is 32.1. The molecule has 5 heteroatoms. The first kappa shape index (κ1) is 14.1. The van der Waals surface area contributed by atoms with Crippen LogP contribution >= 0.6 is 11.3 Å². The maximum Gasteiger partial charge on any atom is 0.130 e. The lowest BCUT2D eigenvalue weighted by atomic mass is 10.0. The van der Waals surface area contributed by atoms with E-state index in [2.05, 4.69) is 10.3 Å². The third kappa shape index (κ3) is 3.16. The summed E-state index contributed by atoms with van der Waals surface area (Å²) in [7, 11) is 1.77. The van der Waals surface area contributed by atoms with Gasteiger partial charge in [0, 0.05) is 35.2 Å². The molecule has 102 valence electrons. The molecular formula is C14H16F2N2S. The minimum atomic E-state index is -0.518. The number of hydrogen-bond donors (Lipinski definition) is 1. The largest absolute Gasteiger partial charge is 0.313 e. The number of benzene rings is 1. The van der Waals surface area contributed by atoms with Crippen LogP contribution in [0.15, 0.2) is 17.5 Å². The first-order valence-corrected chi connectivity index (χ1v) is 6.93. The summed E-state index contributed by atoms with van der Waals surface area (Å²) in [4.78, 5) is 4.38. The van der Waals surface area contributed by atoms with Crippen molar-refractivity contribution in [1.29, 1.82) is 0 Å². The molecule has 0 aliphatic heterocycles. The summed E-state index contributed by atoms with van der Waals surface area (Å²) in [6, 6.07) is 2.30. The topological polar surface area (TPSA) is 24.9 Å². The van der Waals surface area contributed by atoms with E-state index in [4.69, 9.17) is 0 Å². The van der Waals surface area contributed by atoms with Crippen LogP contribution in [0.5, 0.6) is 0 Å². The van der Waals surface area contributed by atoms with E-state index in [1.54, 1.807) is 31.4 Å². The first-order chi connectivity index (χ1) is 9.01. The molecule has 0 spiro atoms. The standard InChI is InChI=1S/C14H16F2N2S/c1-8-4-10(12(16)5-11(8)15)13(17-3)6-14-18-9(2)7-19-14/h4-5,7,13,17H,6H2,1-3H3. The molecule has 1 N–H and O–H groups in total. The predicted molar refractivity (Wildman–Crippen MR) is 73.5 cm³/mol. The van der Waals surface area contributed by atoms with Crippen LogP contribution < -0.4 is 5.32 Å². The van der Waals surface area contributed by atoms with Crippen LogP contribution in [-0.2, 0) is 6.42 Å². The molecule has 1 unspecified atom stereocenters. The average molecular weight is 282 g/mol. The van der Waals surface area contributed by atoms with Gasteiger partial charge >= 0.3 is 0 Å². The van der Waals surface area contributed by atoms with E-state index < -0.39 is 11.6 Å². The van der Waals surface area contributed by atoms with Gasteiger partial charge in [-0.3, -0.25) is 0 Å². The molecule has 0 saturated heterocycles. The van der Waals surface area contributed by atoms with Crippen LogP contribution in [-0.4, -0.2) is 12.0 Å². The second-order valence-corrected chi connectivity index (χ2v) is 5.49. The van der Waals surface area contributed by atoms with E-state index in [0.29, 0.717) is 17.5 Å². The minimum absolute atomic E-state index is 0.204. The van der Waals surface area contributed by atoms with Crippen molar-refractivity contribution in [3.8, 4) is 0 Å². The molecule has 0 bridgehead atoms. The van der Waals surface area contributed by atoms with Gasteiger partial charge in [-0.25, -0.2) is 13.8 Å². The number of likely N-dealkylation sites (N-methyl/N-ethyl adjacent to an activating group) is 1. The molecule has 0 amide bonds. The van der Waals surface area contributed by atoms with E-state index in [9.17, 15) is 8.78 Å². The molecule has 0 radical (unpaired) electrons. The lowest BCUT2D eigenvalue weighted by molar-refractivity contribution is 0.518. The van der Waals surface area contributed by atoms with Gasteiger partial charge in [0.2, 0.25) is 0 Å². The van der Waals surface area contributed by atoms with E-state index in [1.165, 1.54) is 0 Å². The number of hydrogen-bond acceptors (Lipinski definition) is 3. The molecule has 1 aromatic heterocycles. The van der Waals surface area contributed by atoms with Crippen molar-refractivity contribution in [2.24, 2.45) is 0 Å². The average Bonchev–Trinajstić information content (AvgIpc) is 2.77. The summed E-state index contributed by atoms with van der Waals surface area (Å²) in [5, 5.41) is 5.98. The van der Waals surface area contributed by atoms with Crippen molar-refractivity contribution in [3.05, 3.63) is 51.0 Å². The molecular weight excluding hydrogens is 266 g/mol.